The maximum atomic E-state index is 10.4. The summed E-state index contributed by atoms with van der Waals surface area (Å²) in [5.74, 6) is -0.949. The molecule has 1 fully saturated rings. The van der Waals surface area contributed by atoms with Gasteiger partial charge in [-0.2, -0.15) is 0 Å². The van der Waals surface area contributed by atoms with E-state index in [1.807, 2.05) is 6.92 Å². The van der Waals surface area contributed by atoms with Gasteiger partial charge in [-0.05, 0) is 13.3 Å². The van der Waals surface area contributed by atoms with Crippen molar-refractivity contribution in [3.8, 4) is 0 Å². The van der Waals surface area contributed by atoms with E-state index in [9.17, 15) is 4.79 Å². The van der Waals surface area contributed by atoms with Gasteiger partial charge in [-0.25, -0.2) is 0 Å². The van der Waals surface area contributed by atoms with Crippen LogP contribution in [0.4, 0.5) is 0 Å². The molecule has 3 unspecified atom stereocenters. The van der Waals surface area contributed by atoms with E-state index in [4.69, 9.17) is 15.6 Å². The number of aliphatic carboxylic acids is 1. The highest BCUT2D eigenvalue weighted by atomic mass is 16.5. The van der Waals surface area contributed by atoms with Gasteiger partial charge in [0.05, 0.1) is 12.7 Å². The maximum absolute atomic E-state index is 10.4. The number of ether oxygens (including phenoxy) is 1. The summed E-state index contributed by atoms with van der Waals surface area (Å²) in [6, 6.07) is -0.764. The Bertz CT molecular complexity index is 160. The molecular weight excluding hydrogens is 146 g/mol. The SMILES string of the molecule is CC1CC(C(N)C(=O)O)CO1. The lowest BCUT2D eigenvalue weighted by Crippen LogP contribution is -2.38. The Morgan fingerprint density at radius 2 is 2.45 bits per heavy atom. The Balaban J connectivity index is 2.43. The number of hydrogen-bond acceptors (Lipinski definition) is 3. The molecule has 3 atom stereocenters. The van der Waals surface area contributed by atoms with Crippen molar-refractivity contribution in [1.29, 1.82) is 0 Å². The first-order valence-corrected chi connectivity index (χ1v) is 3.71. The normalized spacial score (nSPS) is 33.6. The number of nitrogens with two attached hydrogens (primary N) is 1. The van der Waals surface area contributed by atoms with Crippen molar-refractivity contribution < 1.29 is 14.6 Å². The molecule has 1 aliphatic rings. The van der Waals surface area contributed by atoms with Gasteiger partial charge in [0.1, 0.15) is 6.04 Å². The molecule has 0 radical (unpaired) electrons. The van der Waals surface area contributed by atoms with E-state index in [1.54, 1.807) is 0 Å². The third-order valence-electron chi connectivity index (χ3n) is 2.02. The molecule has 0 spiro atoms. The highest BCUT2D eigenvalue weighted by Gasteiger charge is 2.31. The molecule has 0 amide bonds. The summed E-state index contributed by atoms with van der Waals surface area (Å²) in [4.78, 5) is 10.4. The van der Waals surface area contributed by atoms with E-state index in [-0.39, 0.29) is 12.0 Å². The van der Waals surface area contributed by atoms with Crippen molar-refractivity contribution in [3.05, 3.63) is 0 Å². The van der Waals surface area contributed by atoms with Gasteiger partial charge in [-0.15, -0.1) is 0 Å². The number of carbonyl (C=O) groups is 1. The molecule has 0 aromatic carbocycles. The quantitative estimate of drug-likeness (QED) is 0.586. The fourth-order valence-corrected chi connectivity index (χ4v) is 1.30. The monoisotopic (exact) mass is 159 g/mol. The summed E-state index contributed by atoms with van der Waals surface area (Å²) < 4.78 is 5.19. The summed E-state index contributed by atoms with van der Waals surface area (Å²) in [6.07, 6.45) is 0.915. The Morgan fingerprint density at radius 3 is 2.82 bits per heavy atom. The van der Waals surface area contributed by atoms with Gasteiger partial charge >= 0.3 is 5.97 Å². The maximum Gasteiger partial charge on any atom is 0.320 e. The third kappa shape index (κ3) is 1.91. The zero-order valence-electron chi connectivity index (χ0n) is 6.49. The van der Waals surface area contributed by atoms with E-state index < -0.39 is 12.0 Å². The van der Waals surface area contributed by atoms with E-state index in [1.165, 1.54) is 0 Å². The summed E-state index contributed by atoms with van der Waals surface area (Å²) in [6.45, 7) is 2.41. The van der Waals surface area contributed by atoms with Crippen LogP contribution in [0.3, 0.4) is 0 Å². The van der Waals surface area contributed by atoms with Crippen LogP contribution in [0.25, 0.3) is 0 Å². The molecule has 11 heavy (non-hydrogen) atoms. The van der Waals surface area contributed by atoms with Crippen LogP contribution >= 0.6 is 0 Å². The van der Waals surface area contributed by atoms with Crippen LogP contribution < -0.4 is 5.73 Å². The third-order valence-corrected chi connectivity index (χ3v) is 2.02. The molecule has 4 heteroatoms. The second kappa shape index (κ2) is 3.19. The molecular formula is C7H13NO3. The minimum atomic E-state index is -0.937. The lowest BCUT2D eigenvalue weighted by molar-refractivity contribution is -0.139. The average Bonchev–Trinajstić information content (AvgIpc) is 2.34. The van der Waals surface area contributed by atoms with Gasteiger partial charge in [-0.1, -0.05) is 0 Å². The molecule has 1 heterocycles. The average molecular weight is 159 g/mol. The summed E-state index contributed by atoms with van der Waals surface area (Å²) >= 11 is 0. The molecule has 1 aliphatic heterocycles. The predicted molar refractivity (Wildman–Crippen MR) is 39.1 cm³/mol. The zero-order valence-corrected chi connectivity index (χ0v) is 6.49. The molecule has 1 saturated heterocycles. The fourth-order valence-electron chi connectivity index (χ4n) is 1.30. The smallest absolute Gasteiger partial charge is 0.320 e. The van der Waals surface area contributed by atoms with Gasteiger partial charge in [-0.3, -0.25) is 4.79 Å². The van der Waals surface area contributed by atoms with Crippen molar-refractivity contribution in [2.24, 2.45) is 11.7 Å². The molecule has 0 aliphatic carbocycles. The summed E-state index contributed by atoms with van der Waals surface area (Å²) in [7, 11) is 0. The van der Waals surface area contributed by atoms with Crippen molar-refractivity contribution >= 4 is 5.97 Å². The van der Waals surface area contributed by atoms with Gasteiger partial charge in [0.2, 0.25) is 0 Å². The largest absolute Gasteiger partial charge is 0.480 e. The van der Waals surface area contributed by atoms with Crippen LogP contribution in [0.1, 0.15) is 13.3 Å². The topological polar surface area (TPSA) is 72.6 Å². The molecule has 4 nitrogen and oxygen atoms in total. The number of carboxylic acids is 1. The van der Waals surface area contributed by atoms with Crippen LogP contribution in [-0.2, 0) is 9.53 Å². The first kappa shape index (κ1) is 8.49. The van der Waals surface area contributed by atoms with E-state index in [0.29, 0.717) is 6.61 Å². The van der Waals surface area contributed by atoms with Crippen LogP contribution in [-0.4, -0.2) is 29.8 Å². The molecule has 64 valence electrons. The molecule has 1 rings (SSSR count). The molecule has 0 aromatic heterocycles. The first-order chi connectivity index (χ1) is 5.11. The minimum absolute atomic E-state index is 0.0116. The molecule has 3 N–H and O–H groups in total. The van der Waals surface area contributed by atoms with Crippen LogP contribution in [0.5, 0.6) is 0 Å². The number of hydrogen-bond donors (Lipinski definition) is 2. The Labute approximate surface area is 65.3 Å². The molecule has 0 saturated carbocycles. The van der Waals surface area contributed by atoms with Crippen LogP contribution in [0.2, 0.25) is 0 Å². The minimum Gasteiger partial charge on any atom is -0.480 e. The van der Waals surface area contributed by atoms with Gasteiger partial charge in [0.25, 0.3) is 0 Å². The van der Waals surface area contributed by atoms with Crippen molar-refractivity contribution in [1.82, 2.24) is 0 Å². The number of rotatable bonds is 2. The Hall–Kier alpha value is -0.610. The van der Waals surface area contributed by atoms with Gasteiger partial charge in [0, 0.05) is 5.92 Å². The van der Waals surface area contributed by atoms with Crippen LogP contribution in [0.15, 0.2) is 0 Å². The van der Waals surface area contributed by atoms with Crippen LogP contribution in [0, 0.1) is 5.92 Å². The number of carboxylic acid groups (broad SMARTS) is 1. The highest BCUT2D eigenvalue weighted by Crippen LogP contribution is 2.21. The second-order valence-corrected chi connectivity index (χ2v) is 3.00. The molecule has 0 bridgehead atoms. The van der Waals surface area contributed by atoms with E-state index in [2.05, 4.69) is 0 Å². The van der Waals surface area contributed by atoms with Gasteiger partial charge < -0.3 is 15.6 Å². The molecule has 0 aromatic rings. The first-order valence-electron chi connectivity index (χ1n) is 3.71. The summed E-state index contributed by atoms with van der Waals surface area (Å²) in [5, 5.41) is 8.55. The predicted octanol–water partition coefficient (Wildman–Crippen LogP) is -0.177. The van der Waals surface area contributed by atoms with Crippen molar-refractivity contribution in [2.75, 3.05) is 6.61 Å². The van der Waals surface area contributed by atoms with E-state index in [0.717, 1.165) is 6.42 Å². The lowest BCUT2D eigenvalue weighted by Gasteiger charge is -2.11. The fraction of sp³-hybridized carbons (Fsp3) is 0.857. The Morgan fingerprint density at radius 1 is 1.82 bits per heavy atom. The second-order valence-electron chi connectivity index (χ2n) is 3.00. The van der Waals surface area contributed by atoms with Gasteiger partial charge in [0.15, 0.2) is 0 Å². The van der Waals surface area contributed by atoms with Crippen molar-refractivity contribution in [2.45, 2.75) is 25.5 Å². The standard InChI is InChI=1S/C7H13NO3/c1-4-2-5(3-11-4)6(8)7(9)10/h4-6H,2-3,8H2,1H3,(H,9,10). The van der Waals surface area contributed by atoms with Crippen molar-refractivity contribution in [3.63, 3.8) is 0 Å². The van der Waals surface area contributed by atoms with E-state index >= 15 is 0 Å². The zero-order chi connectivity index (χ0) is 8.43. The Kier molecular flexibility index (Phi) is 2.46. The highest BCUT2D eigenvalue weighted by molar-refractivity contribution is 5.73. The lowest BCUT2D eigenvalue weighted by atomic mass is 9.98. The summed E-state index contributed by atoms with van der Waals surface area (Å²) in [5.41, 5.74) is 5.40.